The predicted octanol–water partition coefficient (Wildman–Crippen LogP) is 3.45. The Morgan fingerprint density at radius 2 is 1.55 bits per heavy atom. The molecule has 0 saturated carbocycles. The number of para-hydroxylation sites is 2. The predicted molar refractivity (Wildman–Crippen MR) is 150 cm³/mol. The first-order valence-corrected chi connectivity index (χ1v) is 12.7. The highest BCUT2D eigenvalue weighted by Gasteiger charge is 2.21. The molecule has 0 saturated heterocycles. The summed E-state index contributed by atoms with van der Waals surface area (Å²) in [5.41, 5.74) is 3.54. The monoisotopic (exact) mass is 517 g/mol. The average Bonchev–Trinajstić information content (AvgIpc) is 3.58. The molecular weight excluding hydrogens is 498 g/mol. The van der Waals surface area contributed by atoms with Gasteiger partial charge in [0.2, 0.25) is 0 Å². The lowest BCUT2D eigenvalue weighted by Crippen LogP contribution is -2.31. The number of benzene rings is 3. The molecule has 0 fully saturated rings. The summed E-state index contributed by atoms with van der Waals surface area (Å²) >= 11 is 1.19. The minimum absolute atomic E-state index is 0.0676. The summed E-state index contributed by atoms with van der Waals surface area (Å²) in [5, 5.41) is 0.991. The van der Waals surface area contributed by atoms with Gasteiger partial charge in [0.25, 0.3) is 11.1 Å². The van der Waals surface area contributed by atoms with Crippen molar-refractivity contribution in [1.29, 1.82) is 0 Å². The molecule has 0 atom stereocenters. The van der Waals surface area contributed by atoms with Gasteiger partial charge >= 0.3 is 5.69 Å². The second-order valence-corrected chi connectivity index (χ2v) is 9.96. The molecule has 3 aromatic carbocycles. The van der Waals surface area contributed by atoms with E-state index in [1.807, 2.05) is 60.7 Å². The Morgan fingerprint density at radius 3 is 2.32 bits per heavy atom. The number of hydrogen-bond donors (Lipinski definition) is 1. The largest absolute Gasteiger partial charge is 0.329 e. The number of fused-ring (bicyclic) bond motifs is 4. The van der Waals surface area contributed by atoms with Crippen molar-refractivity contribution in [3.8, 4) is 16.9 Å². The number of aromatic nitrogens is 5. The van der Waals surface area contributed by atoms with Gasteiger partial charge in [0.15, 0.2) is 16.1 Å². The number of rotatable bonds is 3. The molecule has 1 N–H and O–H groups in total. The minimum atomic E-state index is -0.636. The van der Waals surface area contributed by atoms with Gasteiger partial charge < -0.3 is 4.57 Å². The second-order valence-electron chi connectivity index (χ2n) is 8.95. The smallest absolute Gasteiger partial charge is 0.309 e. The van der Waals surface area contributed by atoms with Crippen LogP contribution in [-0.4, -0.2) is 23.5 Å². The van der Waals surface area contributed by atoms with Crippen molar-refractivity contribution in [2.45, 2.75) is 0 Å². The van der Waals surface area contributed by atoms with E-state index in [1.54, 1.807) is 0 Å². The van der Waals surface area contributed by atoms with Crippen molar-refractivity contribution in [3.63, 3.8) is 0 Å². The summed E-state index contributed by atoms with van der Waals surface area (Å²) in [6.45, 7) is 0. The standard InChI is InChI=1S/C29H19N5O3S/c1-32-25-24(26(35)31-28(32)37)34-27(36)22(38-29(34)30-25)16-20-19-14-8-9-15-21(19)33(18-12-6-3-7-13-18)23(20)17-10-4-2-5-11-17/h2-16H,1H3,(H,31,35,37). The molecule has 4 aromatic heterocycles. The van der Waals surface area contributed by atoms with E-state index in [2.05, 4.69) is 44.9 Å². The van der Waals surface area contributed by atoms with Crippen molar-refractivity contribution >= 4 is 44.4 Å². The summed E-state index contributed by atoms with van der Waals surface area (Å²) in [5.74, 6) is 0. The number of imidazole rings is 1. The second kappa shape index (κ2) is 8.25. The molecule has 7 rings (SSSR count). The van der Waals surface area contributed by atoms with E-state index in [4.69, 9.17) is 0 Å². The molecule has 4 heterocycles. The van der Waals surface area contributed by atoms with Crippen molar-refractivity contribution < 1.29 is 0 Å². The lowest BCUT2D eigenvalue weighted by Gasteiger charge is -2.12. The van der Waals surface area contributed by atoms with E-state index in [1.165, 1.54) is 27.4 Å². The number of aryl methyl sites for hydroxylation is 1. The highest BCUT2D eigenvalue weighted by atomic mass is 32.1. The summed E-state index contributed by atoms with van der Waals surface area (Å²) in [7, 11) is 1.51. The Kier molecular flexibility index (Phi) is 4.82. The van der Waals surface area contributed by atoms with Gasteiger partial charge in [-0.2, -0.15) is 4.98 Å². The Balaban J connectivity index is 1.61. The molecule has 0 spiro atoms. The van der Waals surface area contributed by atoms with E-state index < -0.39 is 11.2 Å². The van der Waals surface area contributed by atoms with Crippen molar-refractivity contribution in [3.05, 3.63) is 126 Å². The summed E-state index contributed by atoms with van der Waals surface area (Å²) in [4.78, 5) is 45.4. The summed E-state index contributed by atoms with van der Waals surface area (Å²) in [6.07, 6.45) is 1.88. The molecule has 0 aliphatic heterocycles. The van der Waals surface area contributed by atoms with Gasteiger partial charge in [0.05, 0.1) is 15.7 Å². The van der Waals surface area contributed by atoms with Gasteiger partial charge in [0, 0.05) is 23.7 Å². The van der Waals surface area contributed by atoms with Crippen LogP contribution in [0.15, 0.2) is 99.3 Å². The molecule has 0 aliphatic carbocycles. The molecule has 0 unspecified atom stereocenters. The first-order valence-electron chi connectivity index (χ1n) is 11.9. The molecule has 8 nitrogen and oxygen atoms in total. The number of H-pyrrole nitrogens is 1. The highest BCUT2D eigenvalue weighted by Crippen LogP contribution is 2.37. The van der Waals surface area contributed by atoms with Crippen LogP contribution >= 0.6 is 11.3 Å². The third-order valence-corrected chi connectivity index (χ3v) is 7.72. The molecule has 38 heavy (non-hydrogen) atoms. The quantitative estimate of drug-likeness (QED) is 0.389. The fourth-order valence-corrected chi connectivity index (χ4v) is 5.98. The van der Waals surface area contributed by atoms with Crippen LogP contribution < -0.4 is 21.3 Å². The third kappa shape index (κ3) is 3.15. The van der Waals surface area contributed by atoms with Gasteiger partial charge in [-0.25, -0.2) is 9.20 Å². The number of nitrogens with zero attached hydrogens (tertiary/aromatic N) is 4. The molecular formula is C29H19N5O3S. The van der Waals surface area contributed by atoms with Gasteiger partial charge in [-0.15, -0.1) is 0 Å². The zero-order valence-electron chi connectivity index (χ0n) is 20.1. The Bertz CT molecular complexity index is 2260. The van der Waals surface area contributed by atoms with Crippen LogP contribution in [0.3, 0.4) is 0 Å². The normalized spacial score (nSPS) is 12.3. The van der Waals surface area contributed by atoms with Crippen LogP contribution in [0.5, 0.6) is 0 Å². The lowest BCUT2D eigenvalue weighted by atomic mass is 10.0. The molecule has 0 bridgehead atoms. The average molecular weight is 518 g/mol. The number of hydrogen-bond acceptors (Lipinski definition) is 5. The van der Waals surface area contributed by atoms with Crippen LogP contribution in [0, 0.1) is 0 Å². The Hall–Kier alpha value is -5.02. The van der Waals surface area contributed by atoms with E-state index in [0.29, 0.717) is 9.49 Å². The minimum Gasteiger partial charge on any atom is -0.309 e. The highest BCUT2D eigenvalue weighted by molar-refractivity contribution is 7.15. The van der Waals surface area contributed by atoms with Gasteiger partial charge in [0.1, 0.15) is 0 Å². The van der Waals surface area contributed by atoms with Crippen LogP contribution in [0.25, 0.3) is 50.0 Å². The molecule has 0 radical (unpaired) electrons. The van der Waals surface area contributed by atoms with Crippen LogP contribution in [-0.2, 0) is 7.05 Å². The van der Waals surface area contributed by atoms with Crippen LogP contribution in [0.1, 0.15) is 5.56 Å². The van der Waals surface area contributed by atoms with Crippen LogP contribution in [0.4, 0.5) is 0 Å². The fraction of sp³-hybridized carbons (Fsp3) is 0.0345. The Labute approximate surface area is 218 Å². The van der Waals surface area contributed by atoms with E-state index in [-0.39, 0.29) is 16.7 Å². The van der Waals surface area contributed by atoms with Gasteiger partial charge in [-0.05, 0) is 29.8 Å². The topological polar surface area (TPSA) is 94.2 Å². The van der Waals surface area contributed by atoms with Crippen LogP contribution in [0.2, 0.25) is 0 Å². The maximum absolute atomic E-state index is 13.7. The first kappa shape index (κ1) is 22.2. The van der Waals surface area contributed by atoms with E-state index in [0.717, 1.165) is 33.4 Å². The van der Waals surface area contributed by atoms with E-state index in [9.17, 15) is 14.4 Å². The van der Waals surface area contributed by atoms with Crippen molar-refractivity contribution in [2.24, 2.45) is 7.05 Å². The van der Waals surface area contributed by atoms with Gasteiger partial charge in [-0.3, -0.25) is 19.1 Å². The molecule has 0 aliphatic rings. The van der Waals surface area contributed by atoms with Crippen molar-refractivity contribution in [1.82, 2.24) is 23.5 Å². The molecule has 0 amide bonds. The zero-order chi connectivity index (χ0) is 26.0. The Morgan fingerprint density at radius 1 is 0.868 bits per heavy atom. The third-order valence-electron chi connectivity index (χ3n) is 6.75. The SMILES string of the molecule is Cn1c(=O)[nH]c(=O)c2c1nc1sc(=Cc3c(-c4ccccc4)n(-c4ccccc4)c4ccccc34)c(=O)n12. The zero-order valence-corrected chi connectivity index (χ0v) is 20.9. The molecule has 7 aromatic rings. The summed E-state index contributed by atoms with van der Waals surface area (Å²) < 4.78 is 5.18. The lowest BCUT2D eigenvalue weighted by molar-refractivity contribution is 0.832. The maximum Gasteiger partial charge on any atom is 0.329 e. The molecule has 184 valence electrons. The fourth-order valence-electron chi connectivity index (χ4n) is 5.03. The number of thiazole rings is 1. The van der Waals surface area contributed by atoms with Gasteiger partial charge in [-0.1, -0.05) is 78.1 Å². The summed E-state index contributed by atoms with van der Waals surface area (Å²) in [6, 6.07) is 28.3. The number of aromatic amines is 1. The molecule has 9 heteroatoms. The maximum atomic E-state index is 13.7. The first-order chi connectivity index (χ1) is 18.5. The van der Waals surface area contributed by atoms with Crippen molar-refractivity contribution in [2.75, 3.05) is 0 Å². The number of nitrogens with one attached hydrogen (secondary N) is 1. The van der Waals surface area contributed by atoms with E-state index >= 15 is 0 Å².